The molecule has 2 aromatic rings. The molecule has 144 valence electrons. The number of benzene rings is 1. The van der Waals surface area contributed by atoms with E-state index in [2.05, 4.69) is 15.2 Å². The van der Waals surface area contributed by atoms with Crippen LogP contribution >= 0.6 is 0 Å². The smallest absolute Gasteiger partial charge is 0.252 e. The lowest BCUT2D eigenvalue weighted by Crippen LogP contribution is -2.43. The largest absolute Gasteiger partial charge is 0.497 e. The van der Waals surface area contributed by atoms with Gasteiger partial charge in [-0.25, -0.2) is 4.98 Å². The Morgan fingerprint density at radius 1 is 1.15 bits per heavy atom. The van der Waals surface area contributed by atoms with Crippen LogP contribution in [-0.2, 0) is 4.74 Å². The number of amides is 1. The van der Waals surface area contributed by atoms with Crippen LogP contribution in [0.3, 0.4) is 0 Å². The molecule has 1 N–H and O–H groups in total. The normalized spacial score (nSPS) is 15.8. The van der Waals surface area contributed by atoms with Crippen LogP contribution in [0.25, 0.3) is 0 Å². The van der Waals surface area contributed by atoms with Crippen LogP contribution < -0.4 is 14.8 Å². The minimum Gasteiger partial charge on any atom is -0.497 e. The van der Waals surface area contributed by atoms with Gasteiger partial charge in [-0.15, -0.1) is 0 Å². The number of ether oxygens (including phenoxy) is 3. The second kappa shape index (κ2) is 9.34. The van der Waals surface area contributed by atoms with Gasteiger partial charge in [-0.1, -0.05) is 12.1 Å². The van der Waals surface area contributed by atoms with Crippen LogP contribution in [0.1, 0.15) is 22.0 Å². The number of nitrogens with zero attached hydrogens (tertiary/aromatic N) is 2. The SMILES string of the molecule is COc1ccc(C(CNC(=O)c2ccc(OC)nc2)N2CCOCC2)cc1. The van der Waals surface area contributed by atoms with Crippen molar-refractivity contribution in [2.75, 3.05) is 47.1 Å². The summed E-state index contributed by atoms with van der Waals surface area (Å²) in [4.78, 5) is 18.9. The monoisotopic (exact) mass is 371 g/mol. The van der Waals surface area contributed by atoms with E-state index >= 15 is 0 Å². The van der Waals surface area contributed by atoms with E-state index in [0.29, 0.717) is 31.2 Å². The molecule has 7 nitrogen and oxygen atoms in total. The number of hydrogen-bond acceptors (Lipinski definition) is 6. The summed E-state index contributed by atoms with van der Waals surface area (Å²) < 4.78 is 15.8. The first kappa shape index (κ1) is 19.1. The van der Waals surface area contributed by atoms with Crippen molar-refractivity contribution >= 4 is 5.91 Å². The third kappa shape index (κ3) is 4.96. The number of carbonyl (C=O) groups is 1. The molecule has 0 spiro atoms. The fraction of sp³-hybridized carbons (Fsp3) is 0.400. The number of rotatable bonds is 7. The number of hydrogen-bond donors (Lipinski definition) is 1. The van der Waals surface area contributed by atoms with Crippen molar-refractivity contribution < 1.29 is 19.0 Å². The second-order valence-electron chi connectivity index (χ2n) is 6.24. The van der Waals surface area contributed by atoms with Crippen molar-refractivity contribution in [1.82, 2.24) is 15.2 Å². The van der Waals surface area contributed by atoms with Gasteiger partial charge in [-0.2, -0.15) is 0 Å². The van der Waals surface area contributed by atoms with Crippen LogP contribution in [0.2, 0.25) is 0 Å². The quantitative estimate of drug-likeness (QED) is 0.802. The molecular weight excluding hydrogens is 346 g/mol. The molecule has 1 amide bonds. The Morgan fingerprint density at radius 3 is 2.48 bits per heavy atom. The molecule has 1 fully saturated rings. The minimum atomic E-state index is -0.156. The molecule has 1 saturated heterocycles. The van der Waals surface area contributed by atoms with E-state index in [1.807, 2.05) is 24.3 Å². The number of morpholine rings is 1. The summed E-state index contributed by atoms with van der Waals surface area (Å²) in [5.41, 5.74) is 1.64. The van der Waals surface area contributed by atoms with Gasteiger partial charge in [0, 0.05) is 31.9 Å². The summed E-state index contributed by atoms with van der Waals surface area (Å²) in [5.74, 6) is 1.14. The predicted octanol–water partition coefficient (Wildman–Crippen LogP) is 1.90. The molecule has 3 rings (SSSR count). The number of nitrogens with one attached hydrogen (secondary N) is 1. The topological polar surface area (TPSA) is 72.9 Å². The fourth-order valence-electron chi connectivity index (χ4n) is 3.10. The van der Waals surface area contributed by atoms with E-state index < -0.39 is 0 Å². The molecule has 2 heterocycles. The standard InChI is InChI=1S/C20H25N3O4/c1-25-17-6-3-15(4-7-17)18(23-9-11-27-12-10-23)14-22-20(24)16-5-8-19(26-2)21-13-16/h3-8,13,18H,9-12,14H2,1-2H3,(H,22,24). The molecule has 1 aliphatic heterocycles. The molecule has 1 aromatic heterocycles. The predicted molar refractivity (Wildman–Crippen MR) is 101 cm³/mol. The highest BCUT2D eigenvalue weighted by Crippen LogP contribution is 2.23. The summed E-state index contributed by atoms with van der Waals surface area (Å²) in [6, 6.07) is 11.4. The lowest BCUT2D eigenvalue weighted by Gasteiger charge is -2.35. The zero-order valence-corrected chi connectivity index (χ0v) is 15.7. The zero-order valence-electron chi connectivity index (χ0n) is 15.7. The zero-order chi connectivity index (χ0) is 19.1. The Labute approximate surface area is 159 Å². The van der Waals surface area contributed by atoms with Gasteiger partial charge in [-0.05, 0) is 23.8 Å². The highest BCUT2D eigenvalue weighted by Gasteiger charge is 2.23. The van der Waals surface area contributed by atoms with E-state index in [-0.39, 0.29) is 11.9 Å². The van der Waals surface area contributed by atoms with Gasteiger partial charge < -0.3 is 19.5 Å². The van der Waals surface area contributed by atoms with Crippen LogP contribution in [0.5, 0.6) is 11.6 Å². The summed E-state index contributed by atoms with van der Waals surface area (Å²) >= 11 is 0. The molecule has 7 heteroatoms. The highest BCUT2D eigenvalue weighted by molar-refractivity contribution is 5.93. The van der Waals surface area contributed by atoms with Crippen molar-refractivity contribution in [2.45, 2.75) is 6.04 Å². The first-order valence-corrected chi connectivity index (χ1v) is 8.95. The van der Waals surface area contributed by atoms with Crippen molar-refractivity contribution in [2.24, 2.45) is 0 Å². The van der Waals surface area contributed by atoms with Crippen LogP contribution in [0.4, 0.5) is 0 Å². The molecular formula is C20H25N3O4. The summed E-state index contributed by atoms with van der Waals surface area (Å²) in [7, 11) is 3.20. The maximum absolute atomic E-state index is 12.5. The molecule has 1 unspecified atom stereocenters. The van der Waals surface area contributed by atoms with Crippen LogP contribution in [0.15, 0.2) is 42.6 Å². The third-order valence-electron chi connectivity index (χ3n) is 4.65. The maximum atomic E-state index is 12.5. The molecule has 27 heavy (non-hydrogen) atoms. The summed E-state index contributed by atoms with van der Waals surface area (Å²) in [6.45, 7) is 3.55. The van der Waals surface area contributed by atoms with Gasteiger partial charge in [0.2, 0.25) is 5.88 Å². The summed E-state index contributed by atoms with van der Waals surface area (Å²) in [5, 5.41) is 3.03. The van der Waals surface area contributed by atoms with Gasteiger partial charge >= 0.3 is 0 Å². The van der Waals surface area contributed by atoms with Crippen LogP contribution in [0, 0.1) is 0 Å². The average molecular weight is 371 g/mol. The van der Waals surface area contributed by atoms with E-state index in [1.54, 1.807) is 26.4 Å². The fourth-order valence-corrected chi connectivity index (χ4v) is 3.10. The molecule has 0 bridgehead atoms. The van der Waals surface area contributed by atoms with Crippen molar-refractivity contribution in [3.63, 3.8) is 0 Å². The summed E-state index contributed by atoms with van der Waals surface area (Å²) in [6.07, 6.45) is 1.52. The van der Waals surface area contributed by atoms with Gasteiger partial charge in [0.15, 0.2) is 0 Å². The van der Waals surface area contributed by atoms with Crippen molar-refractivity contribution in [1.29, 1.82) is 0 Å². The average Bonchev–Trinajstić information content (AvgIpc) is 2.75. The molecule has 0 radical (unpaired) electrons. The van der Waals surface area contributed by atoms with E-state index in [4.69, 9.17) is 14.2 Å². The Kier molecular flexibility index (Phi) is 6.62. The Balaban J connectivity index is 1.70. The van der Waals surface area contributed by atoms with E-state index in [9.17, 15) is 4.79 Å². The van der Waals surface area contributed by atoms with Gasteiger partial charge in [-0.3, -0.25) is 9.69 Å². The van der Waals surface area contributed by atoms with Crippen molar-refractivity contribution in [3.8, 4) is 11.6 Å². The first-order chi connectivity index (χ1) is 13.2. The Morgan fingerprint density at radius 2 is 1.89 bits per heavy atom. The lowest BCUT2D eigenvalue weighted by molar-refractivity contribution is 0.0162. The van der Waals surface area contributed by atoms with Crippen molar-refractivity contribution in [3.05, 3.63) is 53.7 Å². The Hall–Kier alpha value is -2.64. The van der Waals surface area contributed by atoms with Gasteiger partial charge in [0.05, 0.1) is 39.0 Å². The molecule has 0 saturated carbocycles. The molecule has 1 atom stereocenters. The lowest BCUT2D eigenvalue weighted by atomic mass is 10.0. The highest BCUT2D eigenvalue weighted by atomic mass is 16.5. The number of carbonyl (C=O) groups excluding carboxylic acids is 1. The number of pyridine rings is 1. The first-order valence-electron chi connectivity index (χ1n) is 8.95. The third-order valence-corrected chi connectivity index (χ3v) is 4.65. The van der Waals surface area contributed by atoms with E-state index in [1.165, 1.54) is 6.20 Å². The van der Waals surface area contributed by atoms with Gasteiger partial charge in [0.25, 0.3) is 5.91 Å². The maximum Gasteiger partial charge on any atom is 0.252 e. The van der Waals surface area contributed by atoms with Gasteiger partial charge in [0.1, 0.15) is 5.75 Å². The molecule has 1 aliphatic rings. The minimum absolute atomic E-state index is 0.0648. The second-order valence-corrected chi connectivity index (χ2v) is 6.24. The number of aromatic nitrogens is 1. The van der Waals surface area contributed by atoms with Crippen LogP contribution in [-0.4, -0.2) is 62.9 Å². The van der Waals surface area contributed by atoms with E-state index in [0.717, 1.165) is 24.4 Å². The Bertz CT molecular complexity index is 728. The molecule has 0 aliphatic carbocycles. The molecule has 1 aromatic carbocycles. The number of methoxy groups -OCH3 is 2.